The second-order valence-corrected chi connectivity index (χ2v) is 3.57. The highest BCUT2D eigenvalue weighted by molar-refractivity contribution is 5.68. The van der Waals surface area contributed by atoms with Crippen molar-refractivity contribution < 1.29 is 14.6 Å². The normalized spacial score (nSPS) is 15.0. The van der Waals surface area contributed by atoms with Crippen LogP contribution in [0, 0.1) is 0 Å². The van der Waals surface area contributed by atoms with Crippen LogP contribution in [0.2, 0.25) is 0 Å². The van der Waals surface area contributed by atoms with Crippen molar-refractivity contribution in [2.45, 2.75) is 18.8 Å². The van der Waals surface area contributed by atoms with E-state index >= 15 is 0 Å². The Hall–Kier alpha value is -1.80. The Morgan fingerprint density at radius 2 is 2.29 bits per heavy atom. The van der Waals surface area contributed by atoms with E-state index in [4.69, 9.17) is 10.2 Å². The van der Waals surface area contributed by atoms with E-state index in [1.54, 1.807) is 0 Å². The number of halogens is 1. The lowest BCUT2D eigenvalue weighted by molar-refractivity contribution is 0.0220. The Balaban J connectivity index is 2.31. The molecule has 0 fully saturated rings. The van der Waals surface area contributed by atoms with Crippen molar-refractivity contribution in [2.75, 3.05) is 6.61 Å². The molecule has 0 aliphatic heterocycles. The number of aromatic nitrogens is 4. The molecule has 2 aromatic heterocycles. The number of hydrogen-bond acceptors (Lipinski definition) is 5. The molecule has 0 saturated heterocycles. The molecule has 2 aromatic rings. The number of aromatic amines is 1. The van der Waals surface area contributed by atoms with Crippen molar-refractivity contribution >= 4 is 11.2 Å². The maximum Gasteiger partial charge on any atom is 0.278 e. The molecule has 2 atom stereocenters. The number of nitrogens with one attached hydrogen (secondary N) is 1. The highest BCUT2D eigenvalue weighted by atomic mass is 19.1. The number of nitrogens with zero attached hydrogens (tertiary/aromatic N) is 3. The first kappa shape index (κ1) is 11.7. The highest BCUT2D eigenvalue weighted by Gasteiger charge is 2.19. The van der Waals surface area contributed by atoms with E-state index < -0.39 is 24.4 Å². The van der Waals surface area contributed by atoms with E-state index in [1.807, 2.05) is 0 Å². The van der Waals surface area contributed by atoms with Crippen molar-refractivity contribution in [1.29, 1.82) is 0 Å². The molecule has 0 saturated carbocycles. The Bertz CT molecular complexity index is 567. The van der Waals surface area contributed by atoms with Crippen LogP contribution in [0.25, 0.3) is 11.2 Å². The Labute approximate surface area is 94.6 Å². The molecule has 8 heteroatoms. The lowest BCUT2D eigenvalue weighted by Crippen LogP contribution is -2.29. The maximum absolute atomic E-state index is 13.4. The van der Waals surface area contributed by atoms with Crippen molar-refractivity contribution in [2.24, 2.45) is 0 Å². The van der Waals surface area contributed by atoms with Crippen molar-refractivity contribution in [3.63, 3.8) is 0 Å². The van der Waals surface area contributed by atoms with E-state index in [0.29, 0.717) is 0 Å². The number of aliphatic hydroxyl groups is 2. The minimum atomic E-state index is -1.65. The molecule has 17 heavy (non-hydrogen) atoms. The second-order valence-electron chi connectivity index (χ2n) is 3.57. The predicted octanol–water partition coefficient (Wildman–Crippen LogP) is -1.19. The van der Waals surface area contributed by atoms with Gasteiger partial charge in [-0.1, -0.05) is 0 Å². The van der Waals surface area contributed by atoms with Crippen LogP contribution in [0.1, 0.15) is 0 Å². The van der Waals surface area contributed by atoms with E-state index in [1.165, 1.54) is 17.2 Å². The van der Waals surface area contributed by atoms with Crippen LogP contribution in [-0.4, -0.2) is 48.6 Å². The van der Waals surface area contributed by atoms with E-state index in [2.05, 4.69) is 15.0 Å². The molecular formula is C9H11FN4O3. The summed E-state index contributed by atoms with van der Waals surface area (Å²) in [5.41, 5.74) is -0.0633. The van der Waals surface area contributed by atoms with Gasteiger partial charge in [0.15, 0.2) is 11.2 Å². The summed E-state index contributed by atoms with van der Waals surface area (Å²) >= 11 is 0. The van der Waals surface area contributed by atoms with Gasteiger partial charge in [0, 0.05) is 0 Å². The zero-order valence-electron chi connectivity index (χ0n) is 8.75. The summed E-state index contributed by atoms with van der Waals surface area (Å²) in [6.07, 6.45) is -0.657. The maximum atomic E-state index is 13.4. The molecule has 2 heterocycles. The van der Waals surface area contributed by atoms with Gasteiger partial charge < -0.3 is 19.8 Å². The van der Waals surface area contributed by atoms with Gasteiger partial charge in [0.2, 0.25) is 0 Å². The molecule has 0 aromatic carbocycles. The molecule has 0 aliphatic carbocycles. The van der Waals surface area contributed by atoms with Gasteiger partial charge in [0.25, 0.3) is 5.56 Å². The van der Waals surface area contributed by atoms with Crippen LogP contribution in [0.4, 0.5) is 4.39 Å². The Kier molecular flexibility index (Phi) is 3.16. The first-order valence-corrected chi connectivity index (χ1v) is 4.95. The molecule has 92 valence electrons. The number of fused-ring (bicyclic) bond motifs is 1. The van der Waals surface area contributed by atoms with Gasteiger partial charge in [-0.2, -0.15) is 0 Å². The molecule has 0 unspecified atom stereocenters. The molecule has 0 amide bonds. The van der Waals surface area contributed by atoms with Crippen LogP contribution in [-0.2, 0) is 6.54 Å². The van der Waals surface area contributed by atoms with Crippen LogP contribution < -0.4 is 5.56 Å². The van der Waals surface area contributed by atoms with E-state index in [-0.39, 0.29) is 17.7 Å². The zero-order chi connectivity index (χ0) is 12.4. The van der Waals surface area contributed by atoms with Gasteiger partial charge in [-0.3, -0.25) is 4.79 Å². The fraction of sp³-hybridized carbons (Fsp3) is 0.444. The Morgan fingerprint density at radius 1 is 1.53 bits per heavy atom. The number of rotatable bonds is 4. The van der Waals surface area contributed by atoms with Gasteiger partial charge in [0.1, 0.15) is 12.3 Å². The van der Waals surface area contributed by atoms with Gasteiger partial charge in [-0.15, -0.1) is 0 Å². The highest BCUT2D eigenvalue weighted by Crippen LogP contribution is 2.08. The minimum absolute atomic E-state index is 0.109. The van der Waals surface area contributed by atoms with Crippen molar-refractivity contribution in [1.82, 2.24) is 19.5 Å². The SMILES string of the molecule is O=c1[nH]cnc2c1ncn2C[C@@H](F)[C@H](O)CO. The number of hydrogen-bond donors (Lipinski definition) is 3. The minimum Gasteiger partial charge on any atom is -0.394 e. The third-order valence-electron chi connectivity index (χ3n) is 2.38. The first-order chi connectivity index (χ1) is 8.13. The molecule has 7 nitrogen and oxygen atoms in total. The van der Waals surface area contributed by atoms with Gasteiger partial charge in [0.05, 0.1) is 25.8 Å². The Morgan fingerprint density at radius 3 is 3.00 bits per heavy atom. The molecule has 3 N–H and O–H groups in total. The molecule has 0 radical (unpaired) electrons. The largest absolute Gasteiger partial charge is 0.394 e. The summed E-state index contributed by atoms with van der Waals surface area (Å²) in [6, 6.07) is 0. The summed E-state index contributed by atoms with van der Waals surface area (Å²) in [4.78, 5) is 21.3. The molecule has 0 aliphatic rings. The average molecular weight is 242 g/mol. The average Bonchev–Trinajstić information content (AvgIpc) is 2.73. The third kappa shape index (κ3) is 2.17. The third-order valence-corrected chi connectivity index (χ3v) is 2.38. The quantitative estimate of drug-likeness (QED) is 0.625. The standard InChI is InChI=1S/C9H11FN4O3/c10-5(6(16)2-15)1-14-4-13-7-8(14)11-3-12-9(7)17/h3-6,15-16H,1-2H2,(H,11,12,17)/t5-,6-/m1/s1. The lowest BCUT2D eigenvalue weighted by atomic mass is 10.2. The number of alkyl halides is 1. The molecule has 0 spiro atoms. The molecule has 2 rings (SSSR count). The van der Waals surface area contributed by atoms with Crippen molar-refractivity contribution in [3.8, 4) is 0 Å². The van der Waals surface area contributed by atoms with Gasteiger partial charge >= 0.3 is 0 Å². The van der Waals surface area contributed by atoms with Crippen LogP contribution in [0.5, 0.6) is 0 Å². The van der Waals surface area contributed by atoms with Crippen molar-refractivity contribution in [3.05, 3.63) is 23.0 Å². The monoisotopic (exact) mass is 242 g/mol. The smallest absolute Gasteiger partial charge is 0.278 e. The van der Waals surface area contributed by atoms with Crippen LogP contribution in [0.15, 0.2) is 17.4 Å². The van der Waals surface area contributed by atoms with Gasteiger partial charge in [-0.25, -0.2) is 14.4 Å². The van der Waals surface area contributed by atoms with Gasteiger partial charge in [-0.05, 0) is 0 Å². The lowest BCUT2D eigenvalue weighted by Gasteiger charge is -2.13. The number of aliphatic hydroxyl groups excluding tert-OH is 2. The van der Waals surface area contributed by atoms with Crippen LogP contribution in [0.3, 0.4) is 0 Å². The summed E-state index contributed by atoms with van der Waals surface area (Å²) < 4.78 is 14.7. The predicted molar refractivity (Wildman–Crippen MR) is 56.1 cm³/mol. The molecular weight excluding hydrogens is 231 g/mol. The summed E-state index contributed by atoms with van der Waals surface area (Å²) in [5, 5.41) is 17.7. The summed E-state index contributed by atoms with van der Waals surface area (Å²) in [5.74, 6) is 0. The summed E-state index contributed by atoms with van der Waals surface area (Å²) in [7, 11) is 0. The van der Waals surface area contributed by atoms with E-state index in [0.717, 1.165) is 0 Å². The number of imidazole rings is 1. The fourth-order valence-corrected chi connectivity index (χ4v) is 1.45. The molecule has 0 bridgehead atoms. The fourth-order valence-electron chi connectivity index (χ4n) is 1.45. The van der Waals surface area contributed by atoms with Crippen LogP contribution >= 0.6 is 0 Å². The van der Waals surface area contributed by atoms with E-state index in [9.17, 15) is 9.18 Å². The zero-order valence-corrected chi connectivity index (χ0v) is 8.75. The summed E-state index contributed by atoms with van der Waals surface area (Å²) in [6.45, 7) is -0.892. The second kappa shape index (κ2) is 4.60. The first-order valence-electron chi connectivity index (χ1n) is 4.95. The number of H-pyrrole nitrogens is 1. The topological polar surface area (TPSA) is 104 Å².